The molecule has 26 heavy (non-hydrogen) atoms. The maximum Gasteiger partial charge on any atom is 0.235 e. The van der Waals surface area contributed by atoms with E-state index in [1.165, 1.54) is 12.1 Å². The van der Waals surface area contributed by atoms with Crippen molar-refractivity contribution in [2.75, 3.05) is 26.1 Å². The summed E-state index contributed by atoms with van der Waals surface area (Å²) >= 11 is 3.31. The number of halogens is 1. The molecule has 0 spiro atoms. The Kier molecular flexibility index (Phi) is 5.06. The van der Waals surface area contributed by atoms with E-state index in [1.54, 1.807) is 62.5 Å². The Labute approximate surface area is 160 Å². The molecule has 136 valence electrons. The van der Waals surface area contributed by atoms with Crippen molar-refractivity contribution in [1.29, 1.82) is 0 Å². The third kappa shape index (κ3) is 3.47. The zero-order chi connectivity index (χ0) is 18.9. The maximum atomic E-state index is 13.0. The molecule has 8 heteroatoms. The number of hydrogen-bond acceptors (Lipinski definition) is 6. The second kappa shape index (κ2) is 7.13. The van der Waals surface area contributed by atoms with E-state index in [-0.39, 0.29) is 21.7 Å². The van der Waals surface area contributed by atoms with Crippen molar-refractivity contribution in [3.8, 4) is 17.2 Å². The van der Waals surface area contributed by atoms with Gasteiger partial charge in [-0.25, -0.2) is 8.42 Å². The van der Waals surface area contributed by atoms with E-state index in [9.17, 15) is 8.42 Å². The third-order valence-electron chi connectivity index (χ3n) is 3.70. The van der Waals surface area contributed by atoms with Gasteiger partial charge in [-0.15, -0.1) is 0 Å². The number of anilines is 1. The summed E-state index contributed by atoms with van der Waals surface area (Å²) in [5.74, 6) is 1.10. The number of nitrogens with zero attached hydrogens (tertiary/aromatic N) is 2. The summed E-state index contributed by atoms with van der Waals surface area (Å²) < 4.78 is 37.7. The molecule has 0 fully saturated rings. The number of sulfone groups is 1. The van der Waals surface area contributed by atoms with Gasteiger partial charge in [-0.05, 0) is 48.5 Å². The smallest absolute Gasteiger partial charge is 0.235 e. The molecule has 2 aromatic carbocycles. The maximum absolute atomic E-state index is 13.0. The monoisotopic (exact) mass is 436 g/mol. The summed E-state index contributed by atoms with van der Waals surface area (Å²) in [6.45, 7) is 0. The fourth-order valence-electron chi connectivity index (χ4n) is 2.34. The Hall–Kier alpha value is -2.32. The van der Waals surface area contributed by atoms with Crippen LogP contribution in [0.4, 0.5) is 5.88 Å². The molecule has 3 aromatic rings. The van der Waals surface area contributed by atoms with Crippen LogP contribution in [0.1, 0.15) is 0 Å². The molecule has 0 atom stereocenters. The highest BCUT2D eigenvalue weighted by Gasteiger charge is 2.29. The first-order chi connectivity index (χ1) is 12.3. The lowest BCUT2D eigenvalue weighted by Gasteiger charge is -2.10. The minimum atomic E-state index is -3.82. The van der Waals surface area contributed by atoms with E-state index in [0.29, 0.717) is 11.3 Å². The van der Waals surface area contributed by atoms with Crippen LogP contribution in [0, 0.1) is 0 Å². The van der Waals surface area contributed by atoms with Crippen molar-refractivity contribution in [3.63, 3.8) is 0 Å². The van der Waals surface area contributed by atoms with Gasteiger partial charge in [-0.1, -0.05) is 15.9 Å². The number of hydrogen-bond donors (Lipinski definition) is 0. The summed E-state index contributed by atoms with van der Waals surface area (Å²) in [6.07, 6.45) is 0. The molecule has 0 aliphatic heterocycles. The summed E-state index contributed by atoms with van der Waals surface area (Å²) in [4.78, 5) is 6.02. The molecule has 1 aromatic heterocycles. The molecule has 0 aliphatic rings. The summed E-state index contributed by atoms with van der Waals surface area (Å²) in [5, 5.41) is -0.115. The van der Waals surface area contributed by atoms with Crippen LogP contribution in [0.3, 0.4) is 0 Å². The second-order valence-corrected chi connectivity index (χ2v) is 8.49. The summed E-state index contributed by atoms with van der Waals surface area (Å²) in [7, 11) is 1.17. The second-order valence-electron chi connectivity index (χ2n) is 5.71. The van der Waals surface area contributed by atoms with E-state index in [4.69, 9.17) is 9.15 Å². The lowest BCUT2D eigenvalue weighted by atomic mass is 10.2. The Balaban J connectivity index is 2.11. The van der Waals surface area contributed by atoms with E-state index < -0.39 is 9.84 Å². The molecule has 0 unspecified atom stereocenters. The van der Waals surface area contributed by atoms with E-state index in [1.807, 2.05) is 0 Å². The highest BCUT2D eigenvalue weighted by molar-refractivity contribution is 9.10. The van der Waals surface area contributed by atoms with Crippen molar-refractivity contribution in [3.05, 3.63) is 53.0 Å². The highest BCUT2D eigenvalue weighted by Crippen LogP contribution is 2.34. The molecule has 3 rings (SSSR count). The first-order valence-electron chi connectivity index (χ1n) is 7.66. The summed E-state index contributed by atoms with van der Waals surface area (Å²) in [6, 6.07) is 13.5. The van der Waals surface area contributed by atoms with Gasteiger partial charge in [0.15, 0.2) is 0 Å². The molecule has 6 nitrogen and oxygen atoms in total. The first kappa shape index (κ1) is 18.5. The van der Waals surface area contributed by atoms with Crippen LogP contribution in [0.2, 0.25) is 0 Å². The molecule has 0 amide bonds. The van der Waals surface area contributed by atoms with Crippen molar-refractivity contribution >= 4 is 31.7 Å². The van der Waals surface area contributed by atoms with Gasteiger partial charge in [0.25, 0.3) is 0 Å². The van der Waals surface area contributed by atoms with Crippen LogP contribution in [0.25, 0.3) is 11.5 Å². The van der Waals surface area contributed by atoms with Gasteiger partial charge in [0, 0.05) is 24.1 Å². The van der Waals surface area contributed by atoms with Crippen molar-refractivity contribution < 1.29 is 17.6 Å². The average molecular weight is 437 g/mol. The predicted octanol–water partition coefficient (Wildman–Crippen LogP) is 4.01. The van der Waals surface area contributed by atoms with Crippen LogP contribution in [-0.2, 0) is 9.84 Å². The predicted molar refractivity (Wildman–Crippen MR) is 102 cm³/mol. The number of methoxy groups -OCH3 is 1. The normalized spacial score (nSPS) is 11.4. The van der Waals surface area contributed by atoms with Gasteiger partial charge >= 0.3 is 0 Å². The SMILES string of the molecule is COc1ccc(-c2nc(S(=O)(=O)c3ccc(Br)cc3)c(N(C)C)o2)cc1. The zero-order valence-corrected chi connectivity index (χ0v) is 16.8. The van der Waals surface area contributed by atoms with E-state index >= 15 is 0 Å². The topological polar surface area (TPSA) is 72.6 Å². The standard InChI is InChI=1S/C18H17BrN2O4S/c1-21(2)18-17(26(22,23)15-10-6-13(19)7-11-15)20-16(25-18)12-4-8-14(24-3)9-5-12/h4-11H,1-3H3. The lowest BCUT2D eigenvalue weighted by Crippen LogP contribution is -2.13. The third-order valence-corrected chi connectivity index (χ3v) is 5.90. The van der Waals surface area contributed by atoms with Gasteiger partial charge < -0.3 is 14.1 Å². The van der Waals surface area contributed by atoms with Gasteiger partial charge in [-0.3, -0.25) is 0 Å². The molecule has 0 radical (unpaired) electrons. The van der Waals surface area contributed by atoms with Gasteiger partial charge in [0.1, 0.15) is 5.75 Å². The number of rotatable bonds is 5. The van der Waals surface area contributed by atoms with Crippen LogP contribution >= 0.6 is 15.9 Å². The molecule has 1 heterocycles. The van der Waals surface area contributed by atoms with Crippen molar-refractivity contribution in [1.82, 2.24) is 4.98 Å². The van der Waals surface area contributed by atoms with Crippen LogP contribution < -0.4 is 9.64 Å². The Bertz CT molecular complexity index is 1010. The number of aromatic nitrogens is 1. The average Bonchev–Trinajstić information content (AvgIpc) is 3.09. The fraction of sp³-hybridized carbons (Fsp3) is 0.167. The molecular weight excluding hydrogens is 420 g/mol. The first-order valence-corrected chi connectivity index (χ1v) is 9.94. The van der Waals surface area contributed by atoms with Crippen molar-refractivity contribution in [2.45, 2.75) is 9.92 Å². The summed E-state index contributed by atoms with van der Waals surface area (Å²) in [5.41, 5.74) is 0.658. The molecule has 0 N–H and O–H groups in total. The van der Waals surface area contributed by atoms with Crippen LogP contribution in [0.5, 0.6) is 5.75 Å². The van der Waals surface area contributed by atoms with Gasteiger partial charge in [0.2, 0.25) is 26.6 Å². The van der Waals surface area contributed by atoms with Gasteiger partial charge in [-0.2, -0.15) is 4.98 Å². The largest absolute Gasteiger partial charge is 0.497 e. The van der Waals surface area contributed by atoms with Crippen LogP contribution in [0.15, 0.2) is 67.3 Å². The van der Waals surface area contributed by atoms with E-state index in [2.05, 4.69) is 20.9 Å². The fourth-order valence-corrected chi connectivity index (χ4v) is 3.98. The molecular formula is C18H17BrN2O4S. The minimum absolute atomic E-state index is 0.115. The molecule has 0 saturated heterocycles. The number of oxazole rings is 1. The number of ether oxygens (including phenoxy) is 1. The molecule has 0 aliphatic carbocycles. The van der Waals surface area contributed by atoms with E-state index in [0.717, 1.165) is 4.47 Å². The Morgan fingerprint density at radius 2 is 1.65 bits per heavy atom. The quantitative estimate of drug-likeness (QED) is 0.601. The molecule has 0 bridgehead atoms. The lowest BCUT2D eigenvalue weighted by molar-refractivity contribution is 0.415. The van der Waals surface area contributed by atoms with Crippen molar-refractivity contribution in [2.24, 2.45) is 0 Å². The minimum Gasteiger partial charge on any atom is -0.497 e. The Morgan fingerprint density at radius 3 is 2.19 bits per heavy atom. The zero-order valence-electron chi connectivity index (χ0n) is 14.4. The highest BCUT2D eigenvalue weighted by atomic mass is 79.9. The van der Waals surface area contributed by atoms with Crippen LogP contribution in [-0.4, -0.2) is 34.6 Å². The Morgan fingerprint density at radius 1 is 1.04 bits per heavy atom. The van der Waals surface area contributed by atoms with Gasteiger partial charge in [0.05, 0.1) is 12.0 Å². The number of benzene rings is 2. The molecule has 0 saturated carbocycles.